The van der Waals surface area contributed by atoms with E-state index in [4.69, 9.17) is 4.74 Å². The molecule has 19 heavy (non-hydrogen) atoms. The molecule has 0 atom stereocenters. The highest BCUT2D eigenvalue weighted by molar-refractivity contribution is 7.11. The maximum absolute atomic E-state index is 5.38. The number of rotatable bonds is 6. The van der Waals surface area contributed by atoms with E-state index >= 15 is 0 Å². The van der Waals surface area contributed by atoms with Crippen LogP contribution in [0.15, 0.2) is 11.2 Å². The number of hydrogen-bond acceptors (Lipinski definition) is 4. The Kier molecular flexibility index (Phi) is 6.24. The second-order valence-corrected chi connectivity index (χ2v) is 6.20. The van der Waals surface area contributed by atoms with Crippen molar-refractivity contribution in [1.29, 1.82) is 0 Å². The number of ether oxygens (including phenoxy) is 1. The first-order valence-electron chi connectivity index (χ1n) is 6.45. The van der Waals surface area contributed by atoms with E-state index in [2.05, 4.69) is 27.5 Å². The van der Waals surface area contributed by atoms with Crippen molar-refractivity contribution in [2.75, 3.05) is 20.2 Å². The smallest absolute Gasteiger partial charge is 0.191 e. The van der Waals surface area contributed by atoms with Gasteiger partial charge >= 0.3 is 0 Å². The Labute approximate surface area is 119 Å². The van der Waals surface area contributed by atoms with Gasteiger partial charge in [-0.2, -0.15) is 0 Å². The Hall–Kier alpha value is -1.14. The highest BCUT2D eigenvalue weighted by Crippen LogP contribution is 2.11. The normalized spacial score (nSPS) is 12.6. The van der Waals surface area contributed by atoms with Gasteiger partial charge in [0, 0.05) is 31.3 Å². The van der Waals surface area contributed by atoms with Crippen LogP contribution in [0.5, 0.6) is 0 Å². The Morgan fingerprint density at radius 3 is 2.74 bits per heavy atom. The second kappa shape index (κ2) is 7.45. The summed E-state index contributed by atoms with van der Waals surface area (Å²) in [7, 11) is 1.71. The van der Waals surface area contributed by atoms with E-state index < -0.39 is 0 Å². The fourth-order valence-electron chi connectivity index (χ4n) is 1.33. The molecule has 5 nitrogen and oxygen atoms in total. The first kappa shape index (κ1) is 15.9. The largest absolute Gasteiger partial charge is 0.377 e. The maximum atomic E-state index is 5.38. The molecule has 2 N–H and O–H groups in total. The molecule has 1 rings (SSSR count). The van der Waals surface area contributed by atoms with Gasteiger partial charge in [-0.1, -0.05) is 0 Å². The lowest BCUT2D eigenvalue weighted by Crippen LogP contribution is -2.45. The third kappa shape index (κ3) is 6.02. The molecular weight excluding hydrogens is 260 g/mol. The Balaban J connectivity index is 2.56. The van der Waals surface area contributed by atoms with E-state index in [9.17, 15) is 0 Å². The quantitative estimate of drug-likeness (QED) is 0.619. The molecule has 0 saturated carbocycles. The molecule has 0 unspecified atom stereocenters. The summed E-state index contributed by atoms with van der Waals surface area (Å²) < 4.78 is 5.38. The summed E-state index contributed by atoms with van der Waals surface area (Å²) in [6.07, 6.45) is 1.88. The van der Waals surface area contributed by atoms with Crippen LogP contribution in [0.25, 0.3) is 0 Å². The summed E-state index contributed by atoms with van der Waals surface area (Å²) in [5, 5.41) is 7.52. The van der Waals surface area contributed by atoms with E-state index in [1.54, 1.807) is 18.4 Å². The van der Waals surface area contributed by atoms with Crippen LogP contribution < -0.4 is 10.6 Å². The second-order valence-electron chi connectivity index (χ2n) is 4.88. The van der Waals surface area contributed by atoms with Crippen LogP contribution in [0.4, 0.5) is 0 Å². The first-order chi connectivity index (χ1) is 8.96. The molecule has 0 fully saturated rings. The Morgan fingerprint density at radius 1 is 1.47 bits per heavy atom. The van der Waals surface area contributed by atoms with Crippen LogP contribution in [0.1, 0.15) is 30.7 Å². The summed E-state index contributed by atoms with van der Waals surface area (Å²) in [5.74, 6) is 0.792. The van der Waals surface area contributed by atoms with Crippen LogP contribution in [-0.2, 0) is 11.3 Å². The fraction of sp³-hybridized carbons (Fsp3) is 0.692. The molecule has 1 heterocycles. The van der Waals surface area contributed by atoms with Gasteiger partial charge < -0.3 is 15.4 Å². The number of nitrogens with one attached hydrogen (secondary N) is 2. The van der Waals surface area contributed by atoms with Crippen molar-refractivity contribution in [3.63, 3.8) is 0 Å². The van der Waals surface area contributed by atoms with E-state index in [1.165, 1.54) is 4.88 Å². The molecule has 0 amide bonds. The molecule has 0 spiro atoms. The van der Waals surface area contributed by atoms with Crippen LogP contribution in [0, 0.1) is 6.92 Å². The first-order valence-corrected chi connectivity index (χ1v) is 7.27. The molecule has 1 aromatic rings. The number of thiazole rings is 1. The standard InChI is InChI=1S/C13H24N4OS/c1-6-14-12(17-9-13(3,4)18-5)16-8-11-15-7-10(2)19-11/h7H,6,8-9H2,1-5H3,(H2,14,16,17). The fourth-order valence-corrected chi connectivity index (χ4v) is 2.04. The van der Waals surface area contributed by atoms with Gasteiger partial charge in [-0.3, -0.25) is 0 Å². The predicted molar refractivity (Wildman–Crippen MR) is 80.8 cm³/mol. The summed E-state index contributed by atoms with van der Waals surface area (Å²) in [5.41, 5.74) is -0.214. The summed E-state index contributed by atoms with van der Waals surface area (Å²) in [6, 6.07) is 0. The van der Waals surface area contributed by atoms with Crippen molar-refractivity contribution in [2.45, 2.75) is 39.8 Å². The number of nitrogens with zero attached hydrogens (tertiary/aromatic N) is 2. The van der Waals surface area contributed by atoms with Gasteiger partial charge in [0.1, 0.15) is 5.01 Å². The van der Waals surface area contributed by atoms with Crippen LogP contribution in [0.3, 0.4) is 0 Å². The molecule has 6 heteroatoms. The Bertz CT molecular complexity index is 415. The average Bonchev–Trinajstić information content (AvgIpc) is 2.79. The van der Waals surface area contributed by atoms with Gasteiger partial charge in [-0.25, -0.2) is 9.98 Å². The molecule has 0 radical (unpaired) electrons. The zero-order valence-electron chi connectivity index (χ0n) is 12.4. The highest BCUT2D eigenvalue weighted by Gasteiger charge is 2.16. The number of methoxy groups -OCH3 is 1. The third-order valence-corrected chi connectivity index (χ3v) is 3.52. The highest BCUT2D eigenvalue weighted by atomic mass is 32.1. The number of aliphatic imine (C=N–C) groups is 1. The van der Waals surface area contributed by atoms with Crippen molar-refractivity contribution in [2.24, 2.45) is 4.99 Å². The number of aromatic nitrogens is 1. The van der Waals surface area contributed by atoms with Crippen molar-refractivity contribution in [1.82, 2.24) is 15.6 Å². The molecule has 0 saturated heterocycles. The number of aryl methyl sites for hydroxylation is 1. The summed E-state index contributed by atoms with van der Waals surface area (Å²) >= 11 is 1.68. The Morgan fingerprint density at radius 2 is 2.21 bits per heavy atom. The summed E-state index contributed by atoms with van der Waals surface area (Å²) in [6.45, 7) is 10.3. The van der Waals surface area contributed by atoms with E-state index in [-0.39, 0.29) is 5.60 Å². The summed E-state index contributed by atoms with van der Waals surface area (Å²) in [4.78, 5) is 10.0. The third-order valence-electron chi connectivity index (χ3n) is 2.62. The monoisotopic (exact) mass is 284 g/mol. The lowest BCUT2D eigenvalue weighted by atomic mass is 10.1. The molecule has 0 aliphatic carbocycles. The van der Waals surface area contributed by atoms with Crippen LogP contribution in [0.2, 0.25) is 0 Å². The van der Waals surface area contributed by atoms with Crippen LogP contribution in [-0.4, -0.2) is 36.7 Å². The minimum atomic E-state index is -0.214. The SMILES string of the molecule is CCNC(=NCc1ncc(C)s1)NCC(C)(C)OC. The van der Waals surface area contributed by atoms with E-state index in [0.29, 0.717) is 13.1 Å². The van der Waals surface area contributed by atoms with Gasteiger partial charge in [-0.05, 0) is 27.7 Å². The lowest BCUT2D eigenvalue weighted by molar-refractivity contribution is 0.0268. The lowest BCUT2D eigenvalue weighted by Gasteiger charge is -2.24. The van der Waals surface area contributed by atoms with Gasteiger partial charge in [0.05, 0.1) is 12.1 Å². The van der Waals surface area contributed by atoms with E-state index in [1.807, 2.05) is 27.0 Å². The minimum absolute atomic E-state index is 0.214. The number of guanidine groups is 1. The minimum Gasteiger partial charge on any atom is -0.377 e. The van der Waals surface area contributed by atoms with E-state index in [0.717, 1.165) is 17.5 Å². The van der Waals surface area contributed by atoms with Crippen molar-refractivity contribution >= 4 is 17.3 Å². The zero-order chi connectivity index (χ0) is 14.3. The van der Waals surface area contributed by atoms with Gasteiger partial charge in [0.25, 0.3) is 0 Å². The van der Waals surface area contributed by atoms with Crippen molar-refractivity contribution in [3.05, 3.63) is 16.1 Å². The maximum Gasteiger partial charge on any atom is 0.191 e. The topological polar surface area (TPSA) is 58.5 Å². The van der Waals surface area contributed by atoms with Gasteiger partial charge in [0.2, 0.25) is 0 Å². The molecule has 108 valence electrons. The molecule has 0 aromatic carbocycles. The average molecular weight is 284 g/mol. The predicted octanol–water partition coefficient (Wildman–Crippen LogP) is 1.93. The molecule has 0 bridgehead atoms. The zero-order valence-corrected chi connectivity index (χ0v) is 13.2. The molecular formula is C13H24N4OS. The molecule has 0 aliphatic rings. The van der Waals surface area contributed by atoms with Gasteiger partial charge in [0.15, 0.2) is 5.96 Å². The number of hydrogen-bond donors (Lipinski definition) is 2. The van der Waals surface area contributed by atoms with Crippen LogP contribution >= 0.6 is 11.3 Å². The van der Waals surface area contributed by atoms with Crippen molar-refractivity contribution in [3.8, 4) is 0 Å². The molecule has 1 aromatic heterocycles. The molecule has 0 aliphatic heterocycles. The van der Waals surface area contributed by atoms with Crippen molar-refractivity contribution < 1.29 is 4.74 Å². The van der Waals surface area contributed by atoms with Gasteiger partial charge in [-0.15, -0.1) is 11.3 Å².